The third kappa shape index (κ3) is 2.63. The fourth-order valence-electron chi connectivity index (χ4n) is 3.59. The summed E-state index contributed by atoms with van der Waals surface area (Å²) in [7, 11) is 1.59. The summed E-state index contributed by atoms with van der Waals surface area (Å²) in [5, 5.41) is 0.487. The van der Waals surface area contributed by atoms with Gasteiger partial charge in [-0.05, 0) is 36.8 Å². The van der Waals surface area contributed by atoms with Crippen LogP contribution in [0, 0.1) is 6.92 Å². The molecule has 0 aliphatic carbocycles. The third-order valence-electron chi connectivity index (χ3n) is 4.88. The average molecular weight is 361 g/mol. The maximum absolute atomic E-state index is 13.3. The van der Waals surface area contributed by atoms with Crippen LogP contribution in [0.4, 0.5) is 0 Å². The molecule has 5 nitrogen and oxygen atoms in total. The van der Waals surface area contributed by atoms with Crippen molar-refractivity contribution in [2.24, 2.45) is 0 Å². The van der Waals surface area contributed by atoms with Crippen LogP contribution in [-0.2, 0) is 0 Å². The van der Waals surface area contributed by atoms with E-state index in [0.717, 1.165) is 11.1 Å². The van der Waals surface area contributed by atoms with Crippen molar-refractivity contribution >= 4 is 16.9 Å². The highest BCUT2D eigenvalue weighted by Gasteiger charge is 2.42. The van der Waals surface area contributed by atoms with Crippen molar-refractivity contribution in [3.63, 3.8) is 0 Å². The van der Waals surface area contributed by atoms with Gasteiger partial charge in [0.15, 0.2) is 5.43 Å². The normalized spacial score (nSPS) is 15.9. The molecular formula is C22H19NO4. The number of hydrogen-bond acceptors (Lipinski definition) is 4. The number of benzene rings is 2. The van der Waals surface area contributed by atoms with E-state index in [1.807, 2.05) is 37.3 Å². The summed E-state index contributed by atoms with van der Waals surface area (Å²) in [5.74, 6) is 0.518. The Morgan fingerprint density at radius 3 is 2.59 bits per heavy atom. The number of fused-ring (bicyclic) bond motifs is 2. The minimum atomic E-state index is -0.516. The van der Waals surface area contributed by atoms with Gasteiger partial charge in [-0.2, -0.15) is 0 Å². The van der Waals surface area contributed by atoms with Gasteiger partial charge in [-0.1, -0.05) is 29.8 Å². The van der Waals surface area contributed by atoms with Crippen molar-refractivity contribution in [1.29, 1.82) is 0 Å². The summed E-state index contributed by atoms with van der Waals surface area (Å²) in [4.78, 5) is 27.9. The Morgan fingerprint density at radius 2 is 1.93 bits per heavy atom. The van der Waals surface area contributed by atoms with E-state index in [0.29, 0.717) is 28.8 Å². The smallest absolute Gasteiger partial charge is 0.291 e. The second-order valence-electron chi connectivity index (χ2n) is 6.60. The summed E-state index contributed by atoms with van der Waals surface area (Å²) in [6, 6.07) is 12.2. The van der Waals surface area contributed by atoms with Crippen LogP contribution in [0.5, 0.6) is 5.75 Å². The van der Waals surface area contributed by atoms with E-state index in [1.165, 1.54) is 0 Å². The summed E-state index contributed by atoms with van der Waals surface area (Å²) >= 11 is 0. The SMILES string of the molecule is C=CCN1C(=O)c2oc3ccc(C)cc3c(=O)c2[C@H]1c1ccc(OC)cc1. The number of carbonyl (C=O) groups is 1. The van der Waals surface area contributed by atoms with Crippen molar-refractivity contribution in [2.75, 3.05) is 13.7 Å². The van der Waals surface area contributed by atoms with E-state index in [1.54, 1.807) is 30.2 Å². The Kier molecular flexibility index (Phi) is 4.07. The van der Waals surface area contributed by atoms with Gasteiger partial charge in [-0.15, -0.1) is 6.58 Å². The number of rotatable bonds is 4. The second kappa shape index (κ2) is 6.43. The van der Waals surface area contributed by atoms with E-state index in [2.05, 4.69) is 6.58 Å². The van der Waals surface area contributed by atoms with Gasteiger partial charge in [0.25, 0.3) is 5.91 Å². The Hall–Kier alpha value is -3.34. The lowest BCUT2D eigenvalue weighted by atomic mass is 9.98. The topological polar surface area (TPSA) is 59.8 Å². The van der Waals surface area contributed by atoms with Gasteiger partial charge in [0, 0.05) is 6.54 Å². The molecule has 1 aliphatic heterocycles. The summed E-state index contributed by atoms with van der Waals surface area (Å²) < 4.78 is 11.1. The number of hydrogen-bond donors (Lipinski definition) is 0. The molecule has 3 aromatic rings. The molecule has 0 saturated heterocycles. The molecule has 136 valence electrons. The first-order valence-corrected chi connectivity index (χ1v) is 8.68. The molecule has 0 N–H and O–H groups in total. The number of nitrogens with zero attached hydrogens (tertiary/aromatic N) is 1. The summed E-state index contributed by atoms with van der Waals surface area (Å²) in [5.41, 5.74) is 2.42. The van der Waals surface area contributed by atoms with E-state index in [4.69, 9.17) is 9.15 Å². The molecule has 0 fully saturated rings. The Bertz CT molecular complexity index is 1110. The first-order chi connectivity index (χ1) is 13.0. The van der Waals surface area contributed by atoms with Crippen LogP contribution in [0.3, 0.4) is 0 Å². The zero-order chi connectivity index (χ0) is 19.1. The van der Waals surface area contributed by atoms with Gasteiger partial charge in [-0.25, -0.2) is 0 Å². The van der Waals surface area contributed by atoms with Crippen molar-refractivity contribution < 1.29 is 13.9 Å². The van der Waals surface area contributed by atoms with Crippen molar-refractivity contribution in [2.45, 2.75) is 13.0 Å². The predicted octanol–water partition coefficient (Wildman–Crippen LogP) is 3.84. The number of carbonyl (C=O) groups excluding carboxylic acids is 1. The molecule has 2 heterocycles. The first kappa shape index (κ1) is 17.1. The van der Waals surface area contributed by atoms with E-state index < -0.39 is 6.04 Å². The number of amides is 1. The molecule has 2 aromatic carbocycles. The summed E-state index contributed by atoms with van der Waals surface area (Å²) in [6.45, 7) is 5.98. The van der Waals surface area contributed by atoms with Crippen LogP contribution in [0.15, 0.2) is 64.3 Å². The zero-order valence-electron chi connectivity index (χ0n) is 15.2. The number of aryl methyl sites for hydroxylation is 1. The summed E-state index contributed by atoms with van der Waals surface area (Å²) in [6.07, 6.45) is 1.65. The monoisotopic (exact) mass is 361 g/mol. The molecule has 4 rings (SSSR count). The first-order valence-electron chi connectivity index (χ1n) is 8.68. The molecule has 5 heteroatoms. The van der Waals surface area contributed by atoms with Crippen LogP contribution >= 0.6 is 0 Å². The van der Waals surface area contributed by atoms with Gasteiger partial charge in [0.2, 0.25) is 5.76 Å². The Labute approximate surface area is 156 Å². The highest BCUT2D eigenvalue weighted by Crippen LogP contribution is 2.38. The Balaban J connectivity index is 1.98. The fourth-order valence-corrected chi connectivity index (χ4v) is 3.59. The van der Waals surface area contributed by atoms with Crippen LogP contribution in [-0.4, -0.2) is 24.5 Å². The third-order valence-corrected chi connectivity index (χ3v) is 4.88. The standard InChI is InChI=1S/C22H19NO4/c1-4-11-23-19(14-6-8-15(26-3)9-7-14)18-20(24)16-12-13(2)5-10-17(16)27-21(18)22(23)25/h4-10,12,19H,1,11H2,2-3H3/t19-/m1/s1. The number of methoxy groups -OCH3 is 1. The molecule has 1 aliphatic rings. The molecule has 1 atom stereocenters. The predicted molar refractivity (Wildman–Crippen MR) is 103 cm³/mol. The van der Waals surface area contributed by atoms with Crippen molar-refractivity contribution in [3.05, 3.63) is 87.8 Å². The van der Waals surface area contributed by atoms with Crippen LogP contribution in [0.25, 0.3) is 11.0 Å². The lowest BCUT2D eigenvalue weighted by Crippen LogP contribution is -2.29. The minimum Gasteiger partial charge on any atom is -0.497 e. The van der Waals surface area contributed by atoms with E-state index in [9.17, 15) is 9.59 Å². The van der Waals surface area contributed by atoms with E-state index in [-0.39, 0.29) is 17.1 Å². The molecule has 27 heavy (non-hydrogen) atoms. The van der Waals surface area contributed by atoms with Gasteiger partial charge in [-0.3, -0.25) is 9.59 Å². The zero-order valence-corrected chi connectivity index (χ0v) is 15.2. The molecule has 1 amide bonds. The molecule has 0 bridgehead atoms. The van der Waals surface area contributed by atoms with E-state index >= 15 is 0 Å². The lowest BCUT2D eigenvalue weighted by Gasteiger charge is -2.23. The van der Waals surface area contributed by atoms with Crippen LogP contribution in [0.1, 0.15) is 33.3 Å². The molecular weight excluding hydrogens is 342 g/mol. The minimum absolute atomic E-state index is 0.110. The molecule has 0 unspecified atom stereocenters. The maximum atomic E-state index is 13.3. The van der Waals surface area contributed by atoms with Crippen LogP contribution < -0.4 is 10.2 Å². The average Bonchev–Trinajstić information content (AvgIpc) is 2.95. The van der Waals surface area contributed by atoms with Gasteiger partial charge in [0.05, 0.1) is 24.1 Å². The lowest BCUT2D eigenvalue weighted by molar-refractivity contribution is 0.0748. The van der Waals surface area contributed by atoms with Gasteiger partial charge in [0.1, 0.15) is 11.3 Å². The van der Waals surface area contributed by atoms with Crippen molar-refractivity contribution in [1.82, 2.24) is 4.90 Å². The van der Waals surface area contributed by atoms with Crippen LogP contribution in [0.2, 0.25) is 0 Å². The molecule has 0 radical (unpaired) electrons. The van der Waals surface area contributed by atoms with Gasteiger partial charge >= 0.3 is 0 Å². The fraction of sp³-hybridized carbons (Fsp3) is 0.182. The maximum Gasteiger partial charge on any atom is 0.291 e. The molecule has 0 saturated carbocycles. The second-order valence-corrected chi connectivity index (χ2v) is 6.60. The largest absolute Gasteiger partial charge is 0.497 e. The molecule has 1 aromatic heterocycles. The van der Waals surface area contributed by atoms with Gasteiger partial charge < -0.3 is 14.1 Å². The number of ether oxygens (including phenoxy) is 1. The quantitative estimate of drug-likeness (QED) is 0.663. The highest BCUT2D eigenvalue weighted by molar-refractivity contribution is 5.99. The highest BCUT2D eigenvalue weighted by atomic mass is 16.5. The van der Waals surface area contributed by atoms with Crippen molar-refractivity contribution in [3.8, 4) is 5.75 Å². The Morgan fingerprint density at radius 1 is 1.19 bits per heavy atom. The molecule has 0 spiro atoms.